The van der Waals surface area contributed by atoms with E-state index in [1.165, 1.54) is 15.6 Å². The third-order valence-electron chi connectivity index (χ3n) is 3.59. The minimum Gasteiger partial charge on any atom is -0.379 e. The lowest BCUT2D eigenvalue weighted by Crippen LogP contribution is -2.40. The van der Waals surface area contributed by atoms with Gasteiger partial charge in [0.2, 0.25) is 5.91 Å². The molecule has 21 heavy (non-hydrogen) atoms. The first-order valence-electron chi connectivity index (χ1n) is 7.02. The summed E-state index contributed by atoms with van der Waals surface area (Å²) in [6.45, 7) is 2.07. The predicted molar refractivity (Wildman–Crippen MR) is 78.5 cm³/mol. The summed E-state index contributed by atoms with van der Waals surface area (Å²) in [5, 5.41) is 2.85. The van der Waals surface area contributed by atoms with Crippen molar-refractivity contribution in [2.45, 2.75) is 23.6 Å². The van der Waals surface area contributed by atoms with Gasteiger partial charge >= 0.3 is 0 Å². The van der Waals surface area contributed by atoms with E-state index in [9.17, 15) is 13.2 Å². The third kappa shape index (κ3) is 3.45. The summed E-state index contributed by atoms with van der Waals surface area (Å²) >= 11 is 1.22. The Morgan fingerprint density at radius 3 is 2.71 bits per heavy atom. The molecule has 2 fully saturated rings. The van der Waals surface area contributed by atoms with E-state index in [1.807, 2.05) is 0 Å². The molecule has 0 aromatic carbocycles. The fourth-order valence-electron chi connectivity index (χ4n) is 2.17. The summed E-state index contributed by atoms with van der Waals surface area (Å²) in [6.07, 6.45) is 1.93. The molecule has 1 aromatic rings. The van der Waals surface area contributed by atoms with E-state index >= 15 is 0 Å². The van der Waals surface area contributed by atoms with Gasteiger partial charge in [-0.3, -0.25) is 4.79 Å². The maximum Gasteiger partial charge on any atom is 0.252 e. The summed E-state index contributed by atoms with van der Waals surface area (Å²) in [5.41, 5.74) is 0. The average molecular weight is 330 g/mol. The van der Waals surface area contributed by atoms with Crippen LogP contribution in [0.15, 0.2) is 16.3 Å². The number of carbonyl (C=O) groups is 1. The fraction of sp³-hybridized carbons (Fsp3) is 0.615. The van der Waals surface area contributed by atoms with Gasteiger partial charge in [-0.1, -0.05) is 0 Å². The summed E-state index contributed by atoms with van der Waals surface area (Å²) in [5.74, 6) is 0.238. The van der Waals surface area contributed by atoms with Crippen LogP contribution in [-0.4, -0.2) is 44.9 Å². The normalized spacial score (nSPS) is 20.4. The molecule has 8 heteroatoms. The van der Waals surface area contributed by atoms with Crippen molar-refractivity contribution < 1.29 is 17.9 Å². The van der Waals surface area contributed by atoms with Crippen LogP contribution in [0, 0.1) is 5.92 Å². The molecule has 2 aliphatic rings. The molecule has 6 nitrogen and oxygen atoms in total. The average Bonchev–Trinajstić information content (AvgIpc) is 3.24. The fourth-order valence-corrected chi connectivity index (χ4v) is 5.03. The van der Waals surface area contributed by atoms with Crippen molar-refractivity contribution in [1.29, 1.82) is 0 Å². The Hall–Kier alpha value is -0.960. The zero-order valence-electron chi connectivity index (χ0n) is 11.6. The molecule has 0 unspecified atom stereocenters. The molecule has 1 aliphatic carbocycles. The van der Waals surface area contributed by atoms with Gasteiger partial charge < -0.3 is 10.1 Å². The predicted octanol–water partition coefficient (Wildman–Crippen LogP) is 0.795. The number of nitrogens with zero attached hydrogens (tertiary/aromatic N) is 1. The molecule has 0 bridgehead atoms. The Balaban J connectivity index is 1.64. The number of thiophene rings is 1. The molecule has 116 valence electrons. The number of ether oxygens (including phenoxy) is 1. The second-order valence-corrected chi connectivity index (χ2v) is 8.56. The minimum atomic E-state index is -3.42. The molecule has 2 heterocycles. The molecular weight excluding hydrogens is 312 g/mol. The smallest absolute Gasteiger partial charge is 0.252 e. The molecule has 1 aromatic heterocycles. The molecule has 1 saturated heterocycles. The van der Waals surface area contributed by atoms with Crippen LogP contribution in [-0.2, 0) is 26.1 Å². The quantitative estimate of drug-likeness (QED) is 0.866. The van der Waals surface area contributed by atoms with Gasteiger partial charge in [0.25, 0.3) is 10.0 Å². The summed E-state index contributed by atoms with van der Waals surface area (Å²) in [6, 6.07) is 3.39. The number of hydrogen-bond donors (Lipinski definition) is 1. The van der Waals surface area contributed by atoms with Gasteiger partial charge in [0.05, 0.1) is 19.8 Å². The summed E-state index contributed by atoms with van der Waals surface area (Å²) in [4.78, 5) is 12.4. The second-order valence-electron chi connectivity index (χ2n) is 5.23. The van der Waals surface area contributed by atoms with Crippen LogP contribution in [0.3, 0.4) is 0 Å². The maximum absolute atomic E-state index is 12.5. The Labute approximate surface area is 128 Å². The highest BCUT2D eigenvalue weighted by atomic mass is 32.2. The van der Waals surface area contributed by atoms with Crippen LogP contribution < -0.4 is 5.32 Å². The number of rotatable bonds is 5. The second kappa shape index (κ2) is 6.04. The molecule has 1 N–H and O–H groups in total. The maximum atomic E-state index is 12.5. The van der Waals surface area contributed by atoms with Crippen LogP contribution in [0.1, 0.15) is 17.7 Å². The van der Waals surface area contributed by atoms with E-state index in [0.717, 1.165) is 17.7 Å². The van der Waals surface area contributed by atoms with Gasteiger partial charge in [-0.15, -0.1) is 11.3 Å². The van der Waals surface area contributed by atoms with E-state index < -0.39 is 10.0 Å². The summed E-state index contributed by atoms with van der Waals surface area (Å²) < 4.78 is 31.9. The van der Waals surface area contributed by atoms with Crippen LogP contribution in [0.2, 0.25) is 0 Å². The monoisotopic (exact) mass is 330 g/mol. The number of amides is 1. The van der Waals surface area contributed by atoms with Crippen molar-refractivity contribution in [2.75, 3.05) is 26.3 Å². The lowest BCUT2D eigenvalue weighted by Gasteiger charge is -2.25. The van der Waals surface area contributed by atoms with Crippen molar-refractivity contribution in [3.63, 3.8) is 0 Å². The highest BCUT2D eigenvalue weighted by Crippen LogP contribution is 2.29. The van der Waals surface area contributed by atoms with E-state index in [-0.39, 0.29) is 11.8 Å². The SMILES string of the molecule is O=C(NCc1ccc(S(=O)(=O)N2CCOCC2)s1)C1CC1. The highest BCUT2D eigenvalue weighted by Gasteiger charge is 2.30. The standard InChI is InChI=1S/C13H18N2O4S2/c16-13(10-1-2-10)14-9-11-3-4-12(20-11)21(17,18)15-5-7-19-8-6-15/h3-4,10H,1-2,5-9H2,(H,14,16). The van der Waals surface area contributed by atoms with Crippen LogP contribution >= 0.6 is 11.3 Å². The minimum absolute atomic E-state index is 0.0704. The highest BCUT2D eigenvalue weighted by molar-refractivity contribution is 7.91. The molecule has 0 spiro atoms. The topological polar surface area (TPSA) is 75.7 Å². The van der Waals surface area contributed by atoms with E-state index in [1.54, 1.807) is 12.1 Å². The first-order chi connectivity index (χ1) is 10.1. The summed E-state index contributed by atoms with van der Waals surface area (Å²) in [7, 11) is -3.42. The molecule has 1 aliphatic heterocycles. The van der Waals surface area contributed by atoms with Gasteiger partial charge in [0.1, 0.15) is 4.21 Å². The number of sulfonamides is 1. The number of nitrogens with one attached hydrogen (secondary N) is 1. The molecule has 1 amide bonds. The number of hydrogen-bond acceptors (Lipinski definition) is 5. The molecular formula is C13H18N2O4S2. The van der Waals surface area contributed by atoms with Gasteiger partial charge in [-0.05, 0) is 25.0 Å². The first-order valence-corrected chi connectivity index (χ1v) is 9.27. The van der Waals surface area contributed by atoms with Gasteiger partial charge in [-0.2, -0.15) is 4.31 Å². The van der Waals surface area contributed by atoms with E-state index in [4.69, 9.17) is 4.74 Å². The Morgan fingerprint density at radius 2 is 2.05 bits per heavy atom. The van der Waals surface area contributed by atoms with Crippen molar-refractivity contribution in [2.24, 2.45) is 5.92 Å². The Kier molecular flexibility index (Phi) is 4.30. The largest absolute Gasteiger partial charge is 0.379 e. The first kappa shape index (κ1) is 15.0. The van der Waals surface area contributed by atoms with Crippen molar-refractivity contribution in [3.8, 4) is 0 Å². The molecule has 1 saturated carbocycles. The molecule has 0 atom stereocenters. The van der Waals surface area contributed by atoms with Crippen molar-refractivity contribution >= 4 is 27.3 Å². The van der Waals surface area contributed by atoms with Crippen LogP contribution in [0.5, 0.6) is 0 Å². The Bertz CT molecular complexity index is 616. The van der Waals surface area contributed by atoms with Crippen molar-refractivity contribution in [1.82, 2.24) is 9.62 Å². The number of morpholine rings is 1. The van der Waals surface area contributed by atoms with Crippen LogP contribution in [0.25, 0.3) is 0 Å². The van der Waals surface area contributed by atoms with E-state index in [0.29, 0.717) is 37.1 Å². The number of carbonyl (C=O) groups excluding carboxylic acids is 1. The lowest BCUT2D eigenvalue weighted by molar-refractivity contribution is -0.122. The van der Waals surface area contributed by atoms with Crippen molar-refractivity contribution in [3.05, 3.63) is 17.0 Å². The third-order valence-corrected chi connectivity index (χ3v) is 7.04. The zero-order valence-corrected chi connectivity index (χ0v) is 13.2. The Morgan fingerprint density at radius 1 is 1.33 bits per heavy atom. The van der Waals surface area contributed by atoms with E-state index in [2.05, 4.69) is 5.32 Å². The lowest BCUT2D eigenvalue weighted by atomic mass is 10.4. The van der Waals surface area contributed by atoms with Gasteiger partial charge in [0.15, 0.2) is 0 Å². The van der Waals surface area contributed by atoms with Gasteiger partial charge in [0, 0.05) is 23.9 Å². The zero-order chi connectivity index (χ0) is 14.9. The van der Waals surface area contributed by atoms with Crippen LogP contribution in [0.4, 0.5) is 0 Å². The van der Waals surface area contributed by atoms with Gasteiger partial charge in [-0.25, -0.2) is 8.42 Å². The molecule has 0 radical (unpaired) electrons. The molecule has 3 rings (SSSR count).